The van der Waals surface area contributed by atoms with Crippen molar-refractivity contribution in [1.82, 2.24) is 9.97 Å². The number of hydrogen-bond acceptors (Lipinski definition) is 5. The van der Waals surface area contributed by atoms with Crippen molar-refractivity contribution in [2.45, 2.75) is 6.92 Å². The molecule has 0 unspecified atom stereocenters. The molecule has 1 heterocycles. The number of nitrogens with one attached hydrogen (secondary N) is 1. The Hall–Kier alpha value is -3.06. The first-order chi connectivity index (χ1) is 11.9. The molecule has 1 N–H and O–H groups in total. The first-order valence-electron chi connectivity index (χ1n) is 7.25. The fourth-order valence-electron chi connectivity index (χ4n) is 2.30. The molecule has 0 radical (unpaired) electrons. The van der Waals surface area contributed by atoms with E-state index in [1.165, 1.54) is 24.3 Å². The molecule has 0 fully saturated rings. The largest absolute Gasteiger partial charge is 0.340 e. The van der Waals surface area contributed by atoms with Crippen LogP contribution in [0.5, 0.6) is 0 Å². The van der Waals surface area contributed by atoms with E-state index in [2.05, 4.69) is 15.3 Å². The Bertz CT molecular complexity index is 948. The topological polar surface area (TPSA) is 81.0 Å². The molecule has 3 aromatic rings. The summed E-state index contributed by atoms with van der Waals surface area (Å²) in [4.78, 5) is 19.1. The number of benzene rings is 2. The summed E-state index contributed by atoms with van der Waals surface area (Å²) in [6.07, 6.45) is 0. The predicted octanol–water partition coefficient (Wildman–Crippen LogP) is 4.90. The first kappa shape index (κ1) is 16.8. The summed E-state index contributed by atoms with van der Waals surface area (Å²) < 4.78 is 13.1. The summed E-state index contributed by atoms with van der Waals surface area (Å²) in [6, 6.07) is 11.9. The lowest BCUT2D eigenvalue weighted by Crippen LogP contribution is -2.01. The number of nitro benzene ring substituents is 1. The van der Waals surface area contributed by atoms with Crippen LogP contribution < -0.4 is 5.32 Å². The van der Waals surface area contributed by atoms with Crippen molar-refractivity contribution in [1.29, 1.82) is 0 Å². The van der Waals surface area contributed by atoms with Gasteiger partial charge in [0.1, 0.15) is 16.8 Å². The Morgan fingerprint density at radius 1 is 1.16 bits per heavy atom. The highest BCUT2D eigenvalue weighted by molar-refractivity contribution is 6.29. The third-order valence-corrected chi connectivity index (χ3v) is 3.76. The highest BCUT2D eigenvalue weighted by Gasteiger charge is 2.14. The Morgan fingerprint density at radius 3 is 2.56 bits per heavy atom. The van der Waals surface area contributed by atoms with Gasteiger partial charge in [-0.3, -0.25) is 10.1 Å². The van der Waals surface area contributed by atoms with Crippen LogP contribution in [0.2, 0.25) is 5.15 Å². The number of aromatic nitrogens is 2. The lowest BCUT2D eigenvalue weighted by Gasteiger charge is -2.10. The van der Waals surface area contributed by atoms with Crippen LogP contribution in [-0.2, 0) is 0 Å². The second kappa shape index (κ2) is 6.82. The van der Waals surface area contributed by atoms with Gasteiger partial charge in [-0.25, -0.2) is 14.4 Å². The molecule has 126 valence electrons. The Balaban J connectivity index is 1.98. The van der Waals surface area contributed by atoms with Crippen LogP contribution in [0.25, 0.3) is 11.4 Å². The molecule has 0 aliphatic rings. The highest BCUT2D eigenvalue weighted by Crippen LogP contribution is 2.28. The molecule has 6 nitrogen and oxygen atoms in total. The van der Waals surface area contributed by atoms with E-state index in [1.54, 1.807) is 31.2 Å². The molecule has 8 heteroatoms. The molecular weight excluding hydrogens is 347 g/mol. The minimum atomic E-state index is -0.447. The summed E-state index contributed by atoms with van der Waals surface area (Å²) in [6.45, 7) is 1.64. The summed E-state index contributed by atoms with van der Waals surface area (Å²) in [5, 5.41) is 14.3. The molecule has 0 bridgehead atoms. The van der Waals surface area contributed by atoms with Crippen LogP contribution in [-0.4, -0.2) is 14.9 Å². The maximum atomic E-state index is 13.1. The third kappa shape index (κ3) is 3.72. The van der Waals surface area contributed by atoms with Crippen LogP contribution in [0.3, 0.4) is 0 Å². The van der Waals surface area contributed by atoms with E-state index in [-0.39, 0.29) is 16.7 Å². The average molecular weight is 359 g/mol. The van der Waals surface area contributed by atoms with E-state index in [4.69, 9.17) is 11.6 Å². The van der Waals surface area contributed by atoms with E-state index in [0.717, 1.165) is 0 Å². The summed E-state index contributed by atoms with van der Waals surface area (Å²) in [5.74, 6) is 0.331. The standard InChI is InChI=1S/C17H12ClFN4O2/c1-10-13(3-2-4-14(10)23(24)25)20-16-9-15(18)21-17(22-16)11-5-7-12(19)8-6-11/h2-9H,1H3,(H,20,21,22). The van der Waals surface area contributed by atoms with Crippen LogP contribution >= 0.6 is 11.6 Å². The molecule has 0 atom stereocenters. The molecule has 25 heavy (non-hydrogen) atoms. The molecule has 2 aromatic carbocycles. The number of halogens is 2. The van der Waals surface area contributed by atoms with Crippen molar-refractivity contribution in [2.75, 3.05) is 5.32 Å². The number of rotatable bonds is 4. The lowest BCUT2D eigenvalue weighted by molar-refractivity contribution is -0.385. The van der Waals surface area contributed by atoms with Crippen molar-refractivity contribution in [3.8, 4) is 11.4 Å². The van der Waals surface area contributed by atoms with Gasteiger partial charge >= 0.3 is 0 Å². The number of anilines is 2. The molecule has 0 saturated heterocycles. The maximum Gasteiger partial charge on any atom is 0.274 e. The monoisotopic (exact) mass is 358 g/mol. The second-order valence-corrected chi connectivity index (χ2v) is 5.63. The molecule has 0 spiro atoms. The zero-order chi connectivity index (χ0) is 18.0. The van der Waals surface area contributed by atoms with Gasteiger partial charge in [0.2, 0.25) is 0 Å². The minimum Gasteiger partial charge on any atom is -0.340 e. The zero-order valence-electron chi connectivity index (χ0n) is 13.0. The molecular formula is C17H12ClFN4O2. The predicted molar refractivity (Wildman–Crippen MR) is 93.6 cm³/mol. The van der Waals surface area contributed by atoms with Crippen molar-refractivity contribution in [2.24, 2.45) is 0 Å². The summed E-state index contributed by atoms with van der Waals surface area (Å²) >= 11 is 6.05. The van der Waals surface area contributed by atoms with Gasteiger partial charge in [-0.05, 0) is 37.3 Å². The molecule has 3 rings (SSSR count). The van der Waals surface area contributed by atoms with Gasteiger partial charge in [0.15, 0.2) is 5.82 Å². The number of hydrogen-bond donors (Lipinski definition) is 1. The van der Waals surface area contributed by atoms with Crippen LogP contribution in [0, 0.1) is 22.9 Å². The third-order valence-electron chi connectivity index (χ3n) is 3.56. The number of nitro groups is 1. The lowest BCUT2D eigenvalue weighted by atomic mass is 10.1. The maximum absolute atomic E-state index is 13.1. The quantitative estimate of drug-likeness (QED) is 0.407. The zero-order valence-corrected chi connectivity index (χ0v) is 13.8. The fraction of sp³-hybridized carbons (Fsp3) is 0.0588. The van der Waals surface area contributed by atoms with Crippen LogP contribution in [0.1, 0.15) is 5.56 Å². The van der Waals surface area contributed by atoms with Gasteiger partial charge in [0.05, 0.1) is 10.5 Å². The van der Waals surface area contributed by atoms with Crippen molar-refractivity contribution < 1.29 is 9.31 Å². The highest BCUT2D eigenvalue weighted by atomic mass is 35.5. The van der Waals surface area contributed by atoms with E-state index in [1.807, 2.05) is 0 Å². The summed E-state index contributed by atoms with van der Waals surface area (Å²) in [5.41, 5.74) is 1.62. The van der Waals surface area contributed by atoms with Gasteiger partial charge in [-0.1, -0.05) is 17.7 Å². The Morgan fingerprint density at radius 2 is 1.88 bits per heavy atom. The Labute approximate surface area is 147 Å². The fourth-order valence-corrected chi connectivity index (χ4v) is 2.49. The molecule has 0 saturated carbocycles. The SMILES string of the molecule is Cc1c(Nc2cc(Cl)nc(-c3ccc(F)cc3)n2)cccc1[N+](=O)[O-]. The first-order valence-corrected chi connectivity index (χ1v) is 7.63. The minimum absolute atomic E-state index is 0.00362. The molecule has 0 aliphatic carbocycles. The van der Waals surface area contributed by atoms with Crippen molar-refractivity contribution in [3.63, 3.8) is 0 Å². The van der Waals surface area contributed by atoms with Crippen LogP contribution in [0.4, 0.5) is 21.6 Å². The summed E-state index contributed by atoms with van der Waals surface area (Å²) in [7, 11) is 0. The van der Waals surface area contributed by atoms with Gasteiger partial charge in [-0.2, -0.15) is 0 Å². The molecule has 1 aromatic heterocycles. The van der Waals surface area contributed by atoms with Gasteiger partial charge in [0, 0.05) is 23.4 Å². The van der Waals surface area contributed by atoms with Crippen LogP contribution in [0.15, 0.2) is 48.5 Å². The van der Waals surface area contributed by atoms with E-state index >= 15 is 0 Å². The van der Waals surface area contributed by atoms with Gasteiger partial charge in [0.25, 0.3) is 5.69 Å². The van der Waals surface area contributed by atoms with E-state index in [0.29, 0.717) is 28.5 Å². The van der Waals surface area contributed by atoms with E-state index in [9.17, 15) is 14.5 Å². The van der Waals surface area contributed by atoms with Crippen molar-refractivity contribution in [3.05, 3.63) is 75.2 Å². The normalized spacial score (nSPS) is 10.5. The average Bonchev–Trinajstić information content (AvgIpc) is 2.56. The molecule has 0 aliphatic heterocycles. The van der Waals surface area contributed by atoms with Gasteiger partial charge < -0.3 is 5.32 Å². The van der Waals surface area contributed by atoms with Crippen molar-refractivity contribution >= 4 is 28.8 Å². The number of nitrogens with zero attached hydrogens (tertiary/aromatic N) is 3. The molecule has 0 amide bonds. The van der Waals surface area contributed by atoms with Gasteiger partial charge in [-0.15, -0.1) is 0 Å². The second-order valence-electron chi connectivity index (χ2n) is 5.24. The smallest absolute Gasteiger partial charge is 0.274 e. The Kier molecular flexibility index (Phi) is 4.58. The van der Waals surface area contributed by atoms with E-state index < -0.39 is 4.92 Å².